The fourth-order valence-corrected chi connectivity index (χ4v) is 2.41. The number of carbonyl (C=O) groups excluding carboxylic acids is 1. The molecular formula is C18H14ClNO. The summed E-state index contributed by atoms with van der Waals surface area (Å²) in [7, 11) is 0. The SMILES string of the molecule is O=C(CNc1ccccc1)c1ccc2cc(Cl)ccc2c1. The highest BCUT2D eigenvalue weighted by atomic mass is 35.5. The minimum Gasteiger partial charge on any atom is -0.378 e. The van der Waals surface area contributed by atoms with Crippen molar-refractivity contribution in [1.29, 1.82) is 0 Å². The number of halogens is 1. The van der Waals surface area contributed by atoms with Crippen LogP contribution in [-0.4, -0.2) is 12.3 Å². The quantitative estimate of drug-likeness (QED) is 0.701. The van der Waals surface area contributed by atoms with Gasteiger partial charge in [-0.05, 0) is 41.1 Å². The number of nitrogens with one attached hydrogen (secondary N) is 1. The number of Topliss-reactive ketones (excluding diaryl/α,β-unsaturated/α-hetero) is 1. The van der Waals surface area contributed by atoms with E-state index in [4.69, 9.17) is 11.6 Å². The minimum atomic E-state index is 0.0655. The highest BCUT2D eigenvalue weighted by Gasteiger charge is 2.06. The molecule has 2 nitrogen and oxygen atoms in total. The van der Waals surface area contributed by atoms with Crippen molar-refractivity contribution in [2.75, 3.05) is 11.9 Å². The van der Waals surface area contributed by atoms with Gasteiger partial charge in [-0.2, -0.15) is 0 Å². The normalized spacial score (nSPS) is 10.5. The maximum Gasteiger partial charge on any atom is 0.181 e. The molecule has 0 aliphatic carbocycles. The van der Waals surface area contributed by atoms with Crippen molar-refractivity contribution in [1.82, 2.24) is 0 Å². The fraction of sp³-hybridized carbons (Fsp3) is 0.0556. The molecule has 3 rings (SSSR count). The lowest BCUT2D eigenvalue weighted by atomic mass is 10.0. The summed E-state index contributed by atoms with van der Waals surface area (Å²) in [6, 6.07) is 21.0. The molecular weight excluding hydrogens is 282 g/mol. The highest BCUT2D eigenvalue weighted by molar-refractivity contribution is 6.31. The Morgan fingerprint density at radius 1 is 0.905 bits per heavy atom. The van der Waals surface area contributed by atoms with Crippen LogP contribution in [0.5, 0.6) is 0 Å². The van der Waals surface area contributed by atoms with Crippen molar-refractivity contribution in [3.05, 3.63) is 77.3 Å². The third-order valence-electron chi connectivity index (χ3n) is 3.35. The lowest BCUT2D eigenvalue weighted by Crippen LogP contribution is -2.13. The number of rotatable bonds is 4. The minimum absolute atomic E-state index is 0.0655. The Morgan fingerprint density at radius 3 is 2.43 bits per heavy atom. The molecule has 0 fully saturated rings. The summed E-state index contributed by atoms with van der Waals surface area (Å²) in [5.41, 5.74) is 1.65. The molecule has 0 heterocycles. The van der Waals surface area contributed by atoms with Crippen molar-refractivity contribution in [2.24, 2.45) is 0 Å². The molecule has 3 heteroatoms. The number of hydrogen-bond acceptors (Lipinski definition) is 2. The third kappa shape index (κ3) is 3.23. The Hall–Kier alpha value is -2.32. The number of benzene rings is 3. The van der Waals surface area contributed by atoms with Gasteiger partial charge in [-0.25, -0.2) is 0 Å². The maximum atomic E-state index is 12.2. The highest BCUT2D eigenvalue weighted by Crippen LogP contribution is 2.21. The monoisotopic (exact) mass is 295 g/mol. The van der Waals surface area contributed by atoms with E-state index in [1.807, 2.05) is 66.7 Å². The molecule has 3 aromatic carbocycles. The van der Waals surface area contributed by atoms with Gasteiger partial charge in [0.2, 0.25) is 0 Å². The van der Waals surface area contributed by atoms with E-state index in [0.717, 1.165) is 16.5 Å². The second kappa shape index (κ2) is 5.98. The smallest absolute Gasteiger partial charge is 0.181 e. The van der Waals surface area contributed by atoms with Gasteiger partial charge in [-0.15, -0.1) is 0 Å². The Labute approximate surface area is 128 Å². The summed E-state index contributed by atoms with van der Waals surface area (Å²) in [5, 5.41) is 5.89. The molecule has 0 bridgehead atoms. The molecule has 0 saturated carbocycles. The van der Waals surface area contributed by atoms with Gasteiger partial charge in [0, 0.05) is 16.3 Å². The van der Waals surface area contributed by atoms with E-state index in [1.54, 1.807) is 0 Å². The zero-order valence-electron chi connectivity index (χ0n) is 11.3. The van der Waals surface area contributed by atoms with Crippen LogP contribution < -0.4 is 5.32 Å². The van der Waals surface area contributed by atoms with E-state index in [2.05, 4.69) is 5.32 Å². The van der Waals surface area contributed by atoms with E-state index in [1.165, 1.54) is 0 Å². The first-order valence-corrected chi connectivity index (χ1v) is 7.11. The molecule has 104 valence electrons. The van der Waals surface area contributed by atoms with Crippen molar-refractivity contribution >= 4 is 33.8 Å². The van der Waals surface area contributed by atoms with E-state index in [0.29, 0.717) is 10.6 Å². The Balaban J connectivity index is 1.77. The molecule has 0 saturated heterocycles. The summed E-state index contributed by atoms with van der Waals surface area (Å²) in [6.45, 7) is 0.281. The molecule has 0 spiro atoms. The fourth-order valence-electron chi connectivity index (χ4n) is 2.23. The summed E-state index contributed by atoms with van der Waals surface area (Å²) in [5.74, 6) is 0.0655. The first-order chi connectivity index (χ1) is 10.2. The van der Waals surface area contributed by atoms with Crippen LogP contribution in [0.1, 0.15) is 10.4 Å². The van der Waals surface area contributed by atoms with Crippen LogP contribution in [0.4, 0.5) is 5.69 Å². The number of para-hydroxylation sites is 1. The third-order valence-corrected chi connectivity index (χ3v) is 3.59. The summed E-state index contributed by atoms with van der Waals surface area (Å²) < 4.78 is 0. The van der Waals surface area contributed by atoms with Crippen molar-refractivity contribution < 1.29 is 4.79 Å². The molecule has 0 atom stereocenters. The first-order valence-electron chi connectivity index (χ1n) is 6.74. The largest absolute Gasteiger partial charge is 0.378 e. The van der Waals surface area contributed by atoms with Crippen LogP contribution >= 0.6 is 11.6 Å². The first kappa shape index (κ1) is 13.7. The molecule has 0 amide bonds. The second-order valence-corrected chi connectivity index (χ2v) is 5.29. The Morgan fingerprint density at radius 2 is 1.62 bits per heavy atom. The van der Waals surface area contributed by atoms with Crippen LogP contribution in [0, 0.1) is 0 Å². The van der Waals surface area contributed by atoms with E-state index in [-0.39, 0.29) is 12.3 Å². The average Bonchev–Trinajstić information content (AvgIpc) is 2.53. The van der Waals surface area contributed by atoms with Gasteiger partial charge in [0.25, 0.3) is 0 Å². The molecule has 0 unspecified atom stereocenters. The van der Waals surface area contributed by atoms with Gasteiger partial charge in [0.05, 0.1) is 6.54 Å². The molecule has 0 radical (unpaired) electrons. The zero-order chi connectivity index (χ0) is 14.7. The van der Waals surface area contributed by atoms with Crippen molar-refractivity contribution in [3.63, 3.8) is 0 Å². The van der Waals surface area contributed by atoms with Gasteiger partial charge >= 0.3 is 0 Å². The van der Waals surface area contributed by atoms with E-state index < -0.39 is 0 Å². The van der Waals surface area contributed by atoms with Crippen LogP contribution in [0.2, 0.25) is 5.02 Å². The predicted octanol–water partition coefficient (Wildman–Crippen LogP) is 4.79. The number of ketones is 1. The van der Waals surface area contributed by atoms with Crippen molar-refractivity contribution in [2.45, 2.75) is 0 Å². The zero-order valence-corrected chi connectivity index (χ0v) is 12.1. The molecule has 0 aliphatic heterocycles. The summed E-state index contributed by atoms with van der Waals surface area (Å²) in [4.78, 5) is 12.2. The summed E-state index contributed by atoms with van der Waals surface area (Å²) in [6.07, 6.45) is 0. The van der Waals surface area contributed by atoms with E-state index in [9.17, 15) is 4.79 Å². The lowest BCUT2D eigenvalue weighted by molar-refractivity contribution is 0.101. The molecule has 21 heavy (non-hydrogen) atoms. The molecule has 0 aromatic heterocycles. The average molecular weight is 296 g/mol. The molecule has 1 N–H and O–H groups in total. The van der Waals surface area contributed by atoms with Crippen LogP contribution in [-0.2, 0) is 0 Å². The number of fused-ring (bicyclic) bond motifs is 1. The molecule has 3 aromatic rings. The number of carbonyl (C=O) groups is 1. The summed E-state index contributed by atoms with van der Waals surface area (Å²) >= 11 is 5.96. The Kier molecular flexibility index (Phi) is 3.89. The predicted molar refractivity (Wildman–Crippen MR) is 88.2 cm³/mol. The second-order valence-electron chi connectivity index (χ2n) is 4.85. The van der Waals surface area contributed by atoms with Crippen molar-refractivity contribution in [3.8, 4) is 0 Å². The van der Waals surface area contributed by atoms with Crippen LogP contribution in [0.3, 0.4) is 0 Å². The lowest BCUT2D eigenvalue weighted by Gasteiger charge is -2.06. The van der Waals surface area contributed by atoms with E-state index >= 15 is 0 Å². The Bertz CT molecular complexity index is 784. The van der Waals surface area contributed by atoms with Crippen LogP contribution in [0.25, 0.3) is 10.8 Å². The number of anilines is 1. The topological polar surface area (TPSA) is 29.1 Å². The van der Waals surface area contributed by atoms with Gasteiger partial charge in [0.15, 0.2) is 5.78 Å². The van der Waals surface area contributed by atoms with Gasteiger partial charge < -0.3 is 5.32 Å². The van der Waals surface area contributed by atoms with Gasteiger partial charge in [-0.1, -0.05) is 48.0 Å². The van der Waals surface area contributed by atoms with Gasteiger partial charge in [-0.3, -0.25) is 4.79 Å². The number of hydrogen-bond donors (Lipinski definition) is 1. The maximum absolute atomic E-state index is 12.2. The van der Waals surface area contributed by atoms with Gasteiger partial charge in [0.1, 0.15) is 0 Å². The standard InChI is InChI=1S/C18H14ClNO/c19-16-9-8-13-10-15(7-6-14(13)11-16)18(21)12-20-17-4-2-1-3-5-17/h1-11,20H,12H2. The van der Waals surface area contributed by atoms with Crippen LogP contribution in [0.15, 0.2) is 66.7 Å². The molecule has 0 aliphatic rings.